The Kier molecular flexibility index (Phi) is 32.9. The third kappa shape index (κ3) is 30.3. The van der Waals surface area contributed by atoms with E-state index >= 15 is 0 Å². The van der Waals surface area contributed by atoms with Crippen LogP contribution in [0, 0.1) is 0 Å². The number of amides is 1. The van der Waals surface area contributed by atoms with Crippen LogP contribution in [0.1, 0.15) is 168 Å². The zero-order chi connectivity index (χ0) is 32.4. The average molecular weight is 618 g/mol. The highest BCUT2D eigenvalue weighted by molar-refractivity contribution is 5.76. The first kappa shape index (κ1) is 42.3. The lowest BCUT2D eigenvalue weighted by molar-refractivity contribution is -0.124. The Balaban J connectivity index is 3.79. The van der Waals surface area contributed by atoms with Crippen molar-refractivity contribution in [2.75, 3.05) is 6.61 Å². The van der Waals surface area contributed by atoms with Gasteiger partial charge in [-0.1, -0.05) is 152 Å². The molecule has 5 nitrogen and oxygen atoms in total. The Morgan fingerprint density at radius 2 is 1.05 bits per heavy atom. The molecule has 0 spiro atoms. The summed E-state index contributed by atoms with van der Waals surface area (Å²) in [5.41, 5.74) is 0. The van der Waals surface area contributed by atoms with Crippen molar-refractivity contribution in [2.24, 2.45) is 0 Å². The number of rotatable bonds is 32. The third-order valence-corrected chi connectivity index (χ3v) is 8.12. The Hall–Kier alpha value is -1.69. The summed E-state index contributed by atoms with van der Waals surface area (Å²) < 4.78 is 0. The molecule has 0 saturated carbocycles. The smallest absolute Gasteiger partial charge is 0.222 e. The van der Waals surface area contributed by atoms with Crippen LogP contribution in [0.4, 0.5) is 0 Å². The molecule has 5 heteroatoms. The van der Waals surface area contributed by atoms with Gasteiger partial charge in [0, 0.05) is 0 Å². The van der Waals surface area contributed by atoms with Gasteiger partial charge in [-0.25, -0.2) is 0 Å². The van der Waals surface area contributed by atoms with E-state index in [0.717, 1.165) is 38.5 Å². The number of carbonyl (C=O) groups excluding carboxylic acids is 1. The Bertz CT molecular complexity index is 730. The maximum absolute atomic E-state index is 12.4. The van der Waals surface area contributed by atoms with E-state index in [4.69, 9.17) is 0 Å². The molecule has 0 rings (SSSR count). The van der Waals surface area contributed by atoms with Gasteiger partial charge in [0.25, 0.3) is 0 Å². The molecular formula is C39H71NO4. The first-order valence-corrected chi connectivity index (χ1v) is 18.4. The second kappa shape index (κ2) is 34.2. The van der Waals surface area contributed by atoms with Gasteiger partial charge < -0.3 is 20.6 Å². The van der Waals surface area contributed by atoms with Crippen LogP contribution in [-0.4, -0.2) is 46.1 Å². The fourth-order valence-corrected chi connectivity index (χ4v) is 5.23. The van der Waals surface area contributed by atoms with Crippen LogP contribution in [0.3, 0.4) is 0 Å². The Labute approximate surface area is 272 Å². The van der Waals surface area contributed by atoms with Crippen molar-refractivity contribution in [1.82, 2.24) is 5.32 Å². The maximum Gasteiger partial charge on any atom is 0.222 e. The van der Waals surface area contributed by atoms with Crippen LogP contribution in [-0.2, 0) is 4.79 Å². The summed E-state index contributed by atoms with van der Waals surface area (Å²) in [6, 6.07) is -0.762. The highest BCUT2D eigenvalue weighted by Crippen LogP contribution is 2.13. The second-order valence-electron chi connectivity index (χ2n) is 12.5. The standard InChI is InChI=1S/C39H71NO4/c1-3-5-7-9-11-13-15-17-18-19-20-21-22-24-26-28-30-32-36(42)34-39(44)40-37(35-41)38(43)33-31-29-27-25-23-16-14-12-10-8-6-4-2/h11,13,15,17,23,25,31,33,36-38,41-43H,3-10,12,14,16,18-22,24,26-30,32,34-35H2,1-2H3,(H,40,44)/b13-11-,17-15-,25-23+,33-31+. The SMILES string of the molecule is CCCCC/C=C\C=C/CCCCCCCCCCC(O)CC(=O)NC(CO)C(O)/C=C/CC/C=C/CCCCCCCC. The number of nitrogens with one attached hydrogen (secondary N) is 1. The maximum atomic E-state index is 12.4. The molecule has 0 aliphatic heterocycles. The van der Waals surface area contributed by atoms with Crippen molar-refractivity contribution < 1.29 is 20.1 Å². The van der Waals surface area contributed by atoms with Gasteiger partial charge in [0.2, 0.25) is 5.91 Å². The lowest BCUT2D eigenvalue weighted by Gasteiger charge is -2.21. The van der Waals surface area contributed by atoms with Crippen molar-refractivity contribution >= 4 is 5.91 Å². The van der Waals surface area contributed by atoms with Crippen LogP contribution in [0.25, 0.3) is 0 Å². The quantitative estimate of drug-likeness (QED) is 0.0344. The molecule has 0 aromatic rings. The van der Waals surface area contributed by atoms with Crippen LogP contribution in [0.15, 0.2) is 48.6 Å². The monoisotopic (exact) mass is 618 g/mol. The van der Waals surface area contributed by atoms with E-state index in [1.807, 2.05) is 6.08 Å². The number of hydrogen-bond acceptors (Lipinski definition) is 4. The zero-order valence-corrected chi connectivity index (χ0v) is 28.8. The number of aliphatic hydroxyl groups is 3. The fourth-order valence-electron chi connectivity index (χ4n) is 5.23. The summed E-state index contributed by atoms with van der Waals surface area (Å²) >= 11 is 0. The molecular weight excluding hydrogens is 546 g/mol. The molecule has 0 bridgehead atoms. The van der Waals surface area contributed by atoms with Gasteiger partial charge in [-0.05, 0) is 57.8 Å². The average Bonchev–Trinajstić information content (AvgIpc) is 3.01. The number of unbranched alkanes of at least 4 members (excludes halogenated alkanes) is 18. The van der Waals surface area contributed by atoms with Gasteiger partial charge in [0.1, 0.15) is 0 Å². The van der Waals surface area contributed by atoms with E-state index in [9.17, 15) is 20.1 Å². The first-order chi connectivity index (χ1) is 21.5. The number of allylic oxidation sites excluding steroid dienone is 7. The molecule has 44 heavy (non-hydrogen) atoms. The summed E-state index contributed by atoms with van der Waals surface area (Å²) in [7, 11) is 0. The predicted octanol–water partition coefficient (Wildman–Crippen LogP) is 9.81. The lowest BCUT2D eigenvalue weighted by atomic mass is 10.0. The molecule has 3 atom stereocenters. The summed E-state index contributed by atoms with van der Waals surface area (Å²) in [5, 5.41) is 33.0. The fraction of sp³-hybridized carbons (Fsp3) is 0.769. The van der Waals surface area contributed by atoms with Crippen molar-refractivity contribution in [1.29, 1.82) is 0 Å². The summed E-state index contributed by atoms with van der Waals surface area (Å²) in [5.74, 6) is -0.334. The van der Waals surface area contributed by atoms with Gasteiger partial charge >= 0.3 is 0 Å². The topological polar surface area (TPSA) is 89.8 Å². The van der Waals surface area contributed by atoms with Crippen LogP contribution < -0.4 is 5.32 Å². The van der Waals surface area contributed by atoms with Gasteiger partial charge in [0.05, 0.1) is 31.3 Å². The van der Waals surface area contributed by atoms with Crippen molar-refractivity contribution in [3.63, 3.8) is 0 Å². The van der Waals surface area contributed by atoms with E-state index in [1.165, 1.54) is 103 Å². The molecule has 0 heterocycles. The largest absolute Gasteiger partial charge is 0.394 e. The number of aliphatic hydroxyl groups excluding tert-OH is 3. The molecule has 3 unspecified atom stereocenters. The van der Waals surface area contributed by atoms with Crippen LogP contribution in [0.5, 0.6) is 0 Å². The Morgan fingerprint density at radius 3 is 1.64 bits per heavy atom. The molecule has 0 fully saturated rings. The molecule has 4 N–H and O–H groups in total. The Morgan fingerprint density at radius 1 is 0.591 bits per heavy atom. The van der Waals surface area contributed by atoms with Gasteiger partial charge in [-0.2, -0.15) is 0 Å². The van der Waals surface area contributed by atoms with Crippen molar-refractivity contribution in [3.05, 3.63) is 48.6 Å². The molecule has 1 amide bonds. The highest BCUT2D eigenvalue weighted by atomic mass is 16.3. The summed E-state index contributed by atoms with van der Waals surface area (Å²) in [6.07, 6.45) is 42.3. The normalized spacial score (nSPS) is 14.4. The minimum Gasteiger partial charge on any atom is -0.394 e. The molecule has 0 saturated heterocycles. The van der Waals surface area contributed by atoms with Crippen LogP contribution >= 0.6 is 0 Å². The zero-order valence-electron chi connectivity index (χ0n) is 28.8. The minimum atomic E-state index is -0.952. The van der Waals surface area contributed by atoms with Gasteiger partial charge in [-0.15, -0.1) is 0 Å². The minimum absolute atomic E-state index is 0.000568. The van der Waals surface area contributed by atoms with Crippen LogP contribution in [0.2, 0.25) is 0 Å². The molecule has 256 valence electrons. The summed E-state index contributed by atoms with van der Waals surface area (Å²) in [4.78, 5) is 12.4. The molecule has 0 aliphatic carbocycles. The molecule has 0 aliphatic rings. The van der Waals surface area contributed by atoms with Gasteiger partial charge in [0.15, 0.2) is 0 Å². The highest BCUT2D eigenvalue weighted by Gasteiger charge is 2.20. The van der Waals surface area contributed by atoms with Crippen molar-refractivity contribution in [2.45, 2.75) is 186 Å². The van der Waals surface area contributed by atoms with E-state index < -0.39 is 18.2 Å². The summed E-state index contributed by atoms with van der Waals surface area (Å²) in [6.45, 7) is 4.13. The van der Waals surface area contributed by atoms with Crippen molar-refractivity contribution in [3.8, 4) is 0 Å². The number of hydrogen-bond donors (Lipinski definition) is 4. The van der Waals surface area contributed by atoms with E-state index in [1.54, 1.807) is 6.08 Å². The first-order valence-electron chi connectivity index (χ1n) is 18.4. The predicted molar refractivity (Wildman–Crippen MR) is 190 cm³/mol. The number of carbonyl (C=O) groups is 1. The van der Waals surface area contributed by atoms with E-state index in [2.05, 4.69) is 55.6 Å². The van der Waals surface area contributed by atoms with E-state index in [0.29, 0.717) is 6.42 Å². The second-order valence-corrected chi connectivity index (χ2v) is 12.5. The van der Waals surface area contributed by atoms with Gasteiger partial charge in [-0.3, -0.25) is 4.79 Å². The third-order valence-electron chi connectivity index (χ3n) is 8.12. The molecule has 0 aromatic carbocycles. The van der Waals surface area contributed by atoms with E-state index in [-0.39, 0.29) is 18.9 Å². The lowest BCUT2D eigenvalue weighted by Crippen LogP contribution is -2.45. The molecule has 0 aromatic heterocycles. The molecule has 0 radical (unpaired) electrons.